The molecule has 1 aromatic rings. The molecule has 0 radical (unpaired) electrons. The summed E-state index contributed by atoms with van der Waals surface area (Å²) in [6.45, 7) is 13.2. The zero-order chi connectivity index (χ0) is 15.6. The molecular weight excluding hydrogens is 278 g/mol. The monoisotopic (exact) mass is 309 g/mol. The van der Waals surface area contributed by atoms with Crippen molar-refractivity contribution in [1.29, 1.82) is 0 Å². The Bertz CT molecular complexity index is 449. The number of hydrogen-bond acceptors (Lipinski definition) is 4. The van der Waals surface area contributed by atoms with Crippen LogP contribution in [-0.2, 0) is 5.41 Å². The maximum absolute atomic E-state index is 6.13. The topological polar surface area (TPSA) is 32.5 Å². The predicted octanol–water partition coefficient (Wildman–Crippen LogP) is 3.07. The summed E-state index contributed by atoms with van der Waals surface area (Å²) in [5.41, 5.74) is 6.36. The second kappa shape index (κ2) is 6.78. The molecule has 0 aromatic carbocycles. The summed E-state index contributed by atoms with van der Waals surface area (Å²) in [7, 11) is 2.24. The molecule has 1 fully saturated rings. The molecule has 1 aliphatic rings. The lowest BCUT2D eigenvalue weighted by atomic mass is 9.95. The van der Waals surface area contributed by atoms with Crippen LogP contribution in [0.1, 0.15) is 49.9 Å². The van der Waals surface area contributed by atoms with E-state index in [1.807, 2.05) is 11.3 Å². The van der Waals surface area contributed by atoms with Crippen LogP contribution in [0.15, 0.2) is 12.1 Å². The molecule has 1 saturated heterocycles. The van der Waals surface area contributed by atoms with Crippen LogP contribution in [0, 0.1) is 0 Å². The van der Waals surface area contributed by atoms with E-state index in [1.165, 1.54) is 16.2 Å². The Morgan fingerprint density at radius 1 is 1.33 bits per heavy atom. The fraction of sp³-hybridized carbons (Fsp3) is 0.765. The highest BCUT2D eigenvalue weighted by Crippen LogP contribution is 2.34. The van der Waals surface area contributed by atoms with Gasteiger partial charge in [0.15, 0.2) is 0 Å². The van der Waals surface area contributed by atoms with Crippen LogP contribution in [0.2, 0.25) is 0 Å². The van der Waals surface area contributed by atoms with Crippen LogP contribution in [0.3, 0.4) is 0 Å². The standard InChI is InChI=1S/C17H31N3S/c1-6-13-12-20(10-9-19(13)5)14(11-18)15-7-8-16(21-15)17(2,3)4/h7-8,13-14H,6,9-12,18H2,1-5H3. The van der Waals surface area contributed by atoms with Gasteiger partial charge in [-0.15, -0.1) is 11.3 Å². The van der Waals surface area contributed by atoms with E-state index < -0.39 is 0 Å². The summed E-state index contributed by atoms with van der Waals surface area (Å²) in [5, 5.41) is 0. The first-order valence-electron chi connectivity index (χ1n) is 8.11. The van der Waals surface area contributed by atoms with E-state index >= 15 is 0 Å². The molecule has 0 bridgehead atoms. The molecular formula is C17H31N3S. The van der Waals surface area contributed by atoms with Gasteiger partial charge < -0.3 is 10.6 Å². The normalized spacial score (nSPS) is 23.4. The highest BCUT2D eigenvalue weighted by atomic mass is 32.1. The van der Waals surface area contributed by atoms with Crippen LogP contribution < -0.4 is 5.73 Å². The summed E-state index contributed by atoms with van der Waals surface area (Å²) in [5.74, 6) is 0. The molecule has 2 heterocycles. The summed E-state index contributed by atoms with van der Waals surface area (Å²) in [6, 6.07) is 5.63. The molecule has 0 amide bonds. The molecule has 2 unspecified atom stereocenters. The highest BCUT2D eigenvalue weighted by Gasteiger charge is 2.29. The lowest BCUT2D eigenvalue weighted by Gasteiger charge is -2.42. The Kier molecular flexibility index (Phi) is 5.47. The average molecular weight is 310 g/mol. The maximum Gasteiger partial charge on any atom is 0.0565 e. The van der Waals surface area contributed by atoms with E-state index in [0.29, 0.717) is 18.6 Å². The molecule has 120 valence electrons. The third-order valence-electron chi connectivity index (χ3n) is 4.64. The van der Waals surface area contributed by atoms with E-state index in [9.17, 15) is 0 Å². The molecule has 2 atom stereocenters. The van der Waals surface area contributed by atoms with Crippen LogP contribution in [0.4, 0.5) is 0 Å². The van der Waals surface area contributed by atoms with Crippen LogP contribution in [-0.4, -0.2) is 49.1 Å². The van der Waals surface area contributed by atoms with Crippen LogP contribution >= 0.6 is 11.3 Å². The van der Waals surface area contributed by atoms with Crippen molar-refractivity contribution in [3.05, 3.63) is 21.9 Å². The van der Waals surface area contributed by atoms with Crippen molar-refractivity contribution in [2.75, 3.05) is 33.2 Å². The first kappa shape index (κ1) is 16.9. The van der Waals surface area contributed by atoms with Crippen molar-refractivity contribution in [1.82, 2.24) is 9.80 Å². The van der Waals surface area contributed by atoms with Crippen molar-refractivity contribution in [2.24, 2.45) is 5.73 Å². The van der Waals surface area contributed by atoms with Gasteiger partial charge in [-0.2, -0.15) is 0 Å². The van der Waals surface area contributed by atoms with Crippen molar-refractivity contribution in [3.8, 4) is 0 Å². The summed E-state index contributed by atoms with van der Waals surface area (Å²) >= 11 is 1.94. The molecule has 2 N–H and O–H groups in total. The van der Waals surface area contributed by atoms with Gasteiger partial charge in [0, 0.05) is 42.0 Å². The first-order valence-corrected chi connectivity index (χ1v) is 8.93. The molecule has 21 heavy (non-hydrogen) atoms. The van der Waals surface area contributed by atoms with E-state index in [2.05, 4.69) is 56.7 Å². The predicted molar refractivity (Wildman–Crippen MR) is 93.1 cm³/mol. The molecule has 0 saturated carbocycles. The minimum Gasteiger partial charge on any atom is -0.329 e. The lowest BCUT2D eigenvalue weighted by molar-refractivity contribution is 0.0654. The number of likely N-dealkylation sites (N-methyl/N-ethyl adjacent to an activating group) is 1. The number of piperazine rings is 1. The minimum absolute atomic E-state index is 0.232. The van der Waals surface area contributed by atoms with Gasteiger partial charge in [0.2, 0.25) is 0 Å². The van der Waals surface area contributed by atoms with Gasteiger partial charge in [-0.25, -0.2) is 0 Å². The molecule has 1 aromatic heterocycles. The average Bonchev–Trinajstić information content (AvgIpc) is 2.91. The number of nitrogens with zero attached hydrogens (tertiary/aromatic N) is 2. The number of nitrogens with two attached hydrogens (primary N) is 1. The quantitative estimate of drug-likeness (QED) is 0.928. The Morgan fingerprint density at radius 2 is 2.05 bits per heavy atom. The third-order valence-corrected chi connectivity index (χ3v) is 6.25. The van der Waals surface area contributed by atoms with E-state index in [4.69, 9.17) is 5.73 Å². The van der Waals surface area contributed by atoms with Crippen molar-refractivity contribution >= 4 is 11.3 Å². The van der Waals surface area contributed by atoms with Gasteiger partial charge in [0.05, 0.1) is 6.04 Å². The third kappa shape index (κ3) is 3.86. The maximum atomic E-state index is 6.13. The van der Waals surface area contributed by atoms with Crippen molar-refractivity contribution in [2.45, 2.75) is 51.6 Å². The van der Waals surface area contributed by atoms with E-state index in [-0.39, 0.29) is 5.41 Å². The van der Waals surface area contributed by atoms with Gasteiger partial charge in [-0.3, -0.25) is 4.90 Å². The molecule has 1 aliphatic heterocycles. The second-order valence-corrected chi connectivity index (χ2v) is 8.36. The summed E-state index contributed by atoms with van der Waals surface area (Å²) in [4.78, 5) is 7.96. The molecule has 4 heteroatoms. The first-order chi connectivity index (χ1) is 9.86. The lowest BCUT2D eigenvalue weighted by Crippen LogP contribution is -2.52. The largest absolute Gasteiger partial charge is 0.329 e. The van der Waals surface area contributed by atoms with Gasteiger partial charge in [0.25, 0.3) is 0 Å². The summed E-state index contributed by atoms with van der Waals surface area (Å²) < 4.78 is 0. The Hall–Kier alpha value is -0.420. The van der Waals surface area contributed by atoms with Gasteiger partial charge >= 0.3 is 0 Å². The smallest absolute Gasteiger partial charge is 0.0565 e. The Morgan fingerprint density at radius 3 is 2.57 bits per heavy atom. The van der Waals surface area contributed by atoms with Crippen molar-refractivity contribution < 1.29 is 0 Å². The van der Waals surface area contributed by atoms with E-state index in [0.717, 1.165) is 19.6 Å². The summed E-state index contributed by atoms with van der Waals surface area (Å²) in [6.07, 6.45) is 1.21. The van der Waals surface area contributed by atoms with Crippen LogP contribution in [0.5, 0.6) is 0 Å². The zero-order valence-electron chi connectivity index (χ0n) is 14.2. The van der Waals surface area contributed by atoms with Gasteiger partial charge in [0.1, 0.15) is 0 Å². The van der Waals surface area contributed by atoms with Gasteiger partial charge in [-0.05, 0) is 31.0 Å². The number of hydrogen-bond donors (Lipinski definition) is 1. The molecule has 0 spiro atoms. The SMILES string of the molecule is CCC1CN(C(CN)c2ccc(C(C)(C)C)s2)CCN1C. The Labute approximate surface area is 134 Å². The number of thiophene rings is 1. The van der Waals surface area contributed by atoms with Gasteiger partial charge in [-0.1, -0.05) is 27.7 Å². The molecule has 0 aliphatic carbocycles. The highest BCUT2D eigenvalue weighted by molar-refractivity contribution is 7.12. The van der Waals surface area contributed by atoms with E-state index in [1.54, 1.807) is 0 Å². The van der Waals surface area contributed by atoms with Crippen LogP contribution in [0.25, 0.3) is 0 Å². The molecule has 3 nitrogen and oxygen atoms in total. The fourth-order valence-electron chi connectivity index (χ4n) is 3.07. The minimum atomic E-state index is 0.232. The second-order valence-electron chi connectivity index (χ2n) is 7.24. The zero-order valence-corrected chi connectivity index (χ0v) is 15.0. The number of rotatable bonds is 4. The fourth-order valence-corrected chi connectivity index (χ4v) is 4.29. The van der Waals surface area contributed by atoms with Crippen molar-refractivity contribution in [3.63, 3.8) is 0 Å². The molecule has 2 rings (SSSR count). The Balaban J connectivity index is 2.14.